The van der Waals surface area contributed by atoms with Gasteiger partial charge in [-0.3, -0.25) is 0 Å². The normalized spacial score (nSPS) is 14.9. The topological polar surface area (TPSA) is 94.8 Å². The molecular weight excluding hydrogens is 973 g/mol. The zero-order chi connectivity index (χ0) is 53.0. The molecule has 0 saturated heterocycles. The summed E-state index contributed by atoms with van der Waals surface area (Å²) in [4.78, 5) is 0. The molecule has 9 nitrogen and oxygen atoms in total. The van der Waals surface area contributed by atoms with Gasteiger partial charge in [0.15, 0.2) is 0 Å². The number of rotatable bonds is 12. The van der Waals surface area contributed by atoms with Crippen LogP contribution >= 0.6 is 0 Å². The fraction of sp³-hybridized carbons (Fsp3) is 0.130. The summed E-state index contributed by atoms with van der Waals surface area (Å²) in [5.74, 6) is 3.10. The van der Waals surface area contributed by atoms with E-state index >= 15 is 0 Å². The molecule has 3 unspecified atom stereocenters. The lowest BCUT2D eigenvalue weighted by Crippen LogP contribution is -2.07. The first-order valence-corrected chi connectivity index (χ1v) is 25.9. The lowest BCUT2D eigenvalue weighted by molar-refractivity contribution is 0.389. The molecule has 9 heteroatoms. The van der Waals surface area contributed by atoms with Crippen molar-refractivity contribution in [2.24, 2.45) is 0 Å². The summed E-state index contributed by atoms with van der Waals surface area (Å²) in [6, 6.07) is 68.1. The zero-order valence-corrected chi connectivity index (χ0v) is 44.0. The molecule has 0 radical (unpaired) electrons. The Kier molecular flexibility index (Phi) is 12.2. The Balaban J connectivity index is 1.36. The summed E-state index contributed by atoms with van der Waals surface area (Å²) in [5.41, 5.74) is 11.8. The minimum Gasteiger partial charge on any atom is -0.496 e. The lowest BCUT2D eigenvalue weighted by Gasteiger charge is -2.22. The van der Waals surface area contributed by atoms with E-state index < -0.39 is 17.8 Å². The highest BCUT2D eigenvalue weighted by atomic mass is 16.5. The van der Waals surface area contributed by atoms with Gasteiger partial charge in [0.05, 0.1) is 93.3 Å². The van der Waals surface area contributed by atoms with Crippen LogP contribution in [0, 0.1) is 0 Å². The Morgan fingerprint density at radius 3 is 0.705 bits per heavy atom. The second-order valence-electron chi connectivity index (χ2n) is 19.3. The number of fused-ring (bicyclic) bond motifs is 3. The molecule has 0 saturated carbocycles. The van der Waals surface area contributed by atoms with Gasteiger partial charge in [-0.1, -0.05) is 182 Å². The molecule has 0 aliphatic heterocycles. The molecule has 3 atom stereocenters. The number of hydrogen-bond acceptors (Lipinski definition) is 9. The highest BCUT2D eigenvalue weighted by Crippen LogP contribution is 2.60. The van der Waals surface area contributed by atoms with Gasteiger partial charge in [0.25, 0.3) is 0 Å². The smallest absolute Gasteiger partial charge is 0.146 e. The van der Waals surface area contributed by atoms with Crippen molar-refractivity contribution in [3.8, 4) is 67.9 Å². The molecule has 9 aromatic carbocycles. The Labute approximate surface area is 451 Å². The number of furan rings is 3. The lowest BCUT2D eigenvalue weighted by atomic mass is 9.81. The van der Waals surface area contributed by atoms with Crippen molar-refractivity contribution in [3.63, 3.8) is 0 Å². The predicted octanol–water partition coefficient (Wildman–Crippen LogP) is 16.8. The van der Waals surface area contributed by atoms with Gasteiger partial charge in [0, 0.05) is 34.9 Å². The predicted molar refractivity (Wildman–Crippen MR) is 306 cm³/mol. The van der Waals surface area contributed by atoms with E-state index in [2.05, 4.69) is 109 Å². The van der Waals surface area contributed by atoms with Gasteiger partial charge in [0.1, 0.15) is 68.5 Å². The van der Waals surface area contributed by atoms with E-state index in [-0.39, 0.29) is 0 Å². The van der Waals surface area contributed by atoms with Crippen LogP contribution < -0.4 is 28.4 Å². The zero-order valence-electron chi connectivity index (χ0n) is 44.0. The molecule has 3 aromatic heterocycles. The molecule has 13 rings (SSSR count). The van der Waals surface area contributed by atoms with Crippen molar-refractivity contribution in [2.45, 2.75) is 17.8 Å². The summed E-state index contributed by atoms with van der Waals surface area (Å²) in [7, 11) is 10.1. The number of hydrogen-bond donors (Lipinski definition) is 0. The number of benzene rings is 9. The average molecular weight is 1030 g/mol. The van der Waals surface area contributed by atoms with Crippen LogP contribution in [0.2, 0.25) is 0 Å². The van der Waals surface area contributed by atoms with Crippen molar-refractivity contribution in [2.75, 3.05) is 42.7 Å². The van der Waals surface area contributed by atoms with Crippen molar-refractivity contribution >= 4 is 32.9 Å². The van der Waals surface area contributed by atoms with Crippen LogP contribution in [0.25, 0.3) is 66.3 Å². The maximum absolute atomic E-state index is 7.92. The van der Waals surface area contributed by atoms with E-state index in [1.165, 1.54) is 0 Å². The van der Waals surface area contributed by atoms with Crippen LogP contribution in [0.3, 0.4) is 0 Å². The quantitative estimate of drug-likeness (QED) is 0.119. The standard InChI is InChI=1S/C69H54O9/c1-70-46-37-49(73-4)61-55(43-31-19-10-20-32-43)65-53(41-27-15-8-16-28-41)59-48(72-3)39-51(75-6)63(69(59)77-65)57(45-35-23-12-24-36-45)66-54(42-29-17-9-18-30-42)60-47(71-2)38-50(74-5)62(68(60)78-66)56(44-33-21-11-22-34-44)64-52(58(46)67(61)76-64)40-25-13-7-14-26-40/h7-39,55-57H,1-6H3. The second kappa shape index (κ2) is 19.8. The molecule has 12 aromatic rings. The van der Waals surface area contributed by atoms with Gasteiger partial charge < -0.3 is 41.7 Å². The summed E-state index contributed by atoms with van der Waals surface area (Å²) in [6.45, 7) is 0. The van der Waals surface area contributed by atoms with Crippen LogP contribution in [0.4, 0.5) is 0 Å². The summed E-state index contributed by atoms with van der Waals surface area (Å²) in [5, 5.41) is 2.25. The van der Waals surface area contributed by atoms with Crippen molar-refractivity contribution in [1.82, 2.24) is 0 Å². The molecule has 0 spiro atoms. The van der Waals surface area contributed by atoms with Gasteiger partial charge in [-0.25, -0.2) is 0 Å². The summed E-state index contributed by atoms with van der Waals surface area (Å²) in [6.07, 6.45) is 0. The van der Waals surface area contributed by atoms with Crippen LogP contribution in [0.15, 0.2) is 213 Å². The number of ether oxygens (including phenoxy) is 6. The third-order valence-electron chi connectivity index (χ3n) is 15.4. The maximum Gasteiger partial charge on any atom is 0.146 e. The van der Waals surface area contributed by atoms with Crippen LogP contribution in [0.1, 0.15) is 68.4 Å². The van der Waals surface area contributed by atoms with Gasteiger partial charge in [-0.05, 0) is 33.4 Å². The van der Waals surface area contributed by atoms with Crippen LogP contribution in [0.5, 0.6) is 34.5 Å². The van der Waals surface area contributed by atoms with E-state index in [4.69, 9.17) is 41.7 Å². The molecule has 384 valence electrons. The highest BCUT2D eigenvalue weighted by molar-refractivity contribution is 6.08. The third kappa shape index (κ3) is 7.52. The van der Waals surface area contributed by atoms with Gasteiger partial charge in [-0.15, -0.1) is 0 Å². The van der Waals surface area contributed by atoms with Crippen molar-refractivity contribution in [1.29, 1.82) is 0 Å². The SMILES string of the molecule is COc1cc(OC)c2c(-c3ccccc3)c3oc2c1C(c1ccccc1)c1oc2c(c(OC)cc(OC)c2c1-c1ccccc1)C(c1ccccc1)c1oc2c(c(OC)cc(OC)c2c1-c1ccccc1)C3c1ccccc1. The Bertz CT molecular complexity index is 3720. The van der Waals surface area contributed by atoms with Crippen molar-refractivity contribution in [3.05, 3.63) is 251 Å². The molecular formula is C69H54O9. The molecule has 0 amide bonds. The molecule has 1 aliphatic carbocycles. The molecule has 78 heavy (non-hydrogen) atoms. The van der Waals surface area contributed by atoms with Crippen molar-refractivity contribution < 1.29 is 41.7 Å². The Hall–Kier alpha value is -9.60. The van der Waals surface area contributed by atoms with Gasteiger partial charge in [-0.2, -0.15) is 0 Å². The monoisotopic (exact) mass is 1030 g/mol. The third-order valence-corrected chi connectivity index (χ3v) is 15.4. The van der Waals surface area contributed by atoms with Gasteiger partial charge >= 0.3 is 0 Å². The number of methoxy groups -OCH3 is 6. The minimum atomic E-state index is -0.685. The first-order valence-electron chi connectivity index (χ1n) is 25.9. The first-order chi connectivity index (χ1) is 38.5. The van der Waals surface area contributed by atoms with E-state index in [9.17, 15) is 0 Å². The molecule has 1 aliphatic rings. The van der Waals surface area contributed by atoms with Crippen LogP contribution in [-0.2, 0) is 0 Å². The van der Waals surface area contributed by atoms with E-state index in [1.54, 1.807) is 42.7 Å². The average Bonchev–Trinajstić information content (AvgIpc) is 4.18. The highest BCUT2D eigenvalue weighted by Gasteiger charge is 2.43. The minimum absolute atomic E-state index is 0.535. The fourth-order valence-electron chi connectivity index (χ4n) is 12.1. The first kappa shape index (κ1) is 48.1. The molecule has 3 heterocycles. The Morgan fingerprint density at radius 1 is 0.269 bits per heavy atom. The largest absolute Gasteiger partial charge is 0.496 e. The van der Waals surface area contributed by atoms with E-state index in [0.29, 0.717) is 68.5 Å². The Morgan fingerprint density at radius 2 is 0.487 bits per heavy atom. The summed E-state index contributed by atoms with van der Waals surface area (Å²) >= 11 is 0. The second-order valence-corrected chi connectivity index (χ2v) is 19.3. The van der Waals surface area contributed by atoms with E-state index in [1.807, 2.05) is 91.0 Å². The molecule has 0 fully saturated rings. The summed E-state index contributed by atoms with van der Waals surface area (Å²) < 4.78 is 63.1. The van der Waals surface area contributed by atoms with E-state index in [0.717, 1.165) is 82.9 Å². The molecule has 0 N–H and O–H groups in total. The molecule has 12 bridgehead atoms. The van der Waals surface area contributed by atoms with Gasteiger partial charge in [0.2, 0.25) is 0 Å². The maximum atomic E-state index is 7.92. The van der Waals surface area contributed by atoms with Crippen LogP contribution in [-0.4, -0.2) is 42.7 Å². The fourth-order valence-corrected chi connectivity index (χ4v) is 12.1.